The molecule has 1 unspecified atom stereocenters. The molecule has 0 bridgehead atoms. The second kappa shape index (κ2) is 7.35. The van der Waals surface area contributed by atoms with E-state index in [-0.39, 0.29) is 6.61 Å². The zero-order chi connectivity index (χ0) is 15.4. The molecule has 2 saturated heterocycles. The third-order valence-electron chi connectivity index (χ3n) is 4.98. The maximum atomic E-state index is 9.45. The van der Waals surface area contributed by atoms with Crippen LogP contribution in [0.4, 0.5) is 5.95 Å². The molecule has 0 aliphatic carbocycles. The molecule has 0 aromatic carbocycles. The molecule has 2 aliphatic heterocycles. The molecule has 0 amide bonds. The molecule has 3 rings (SSSR count). The van der Waals surface area contributed by atoms with Gasteiger partial charge in [0.25, 0.3) is 0 Å². The van der Waals surface area contributed by atoms with Gasteiger partial charge in [0.15, 0.2) is 0 Å². The van der Waals surface area contributed by atoms with Crippen molar-refractivity contribution in [3.05, 3.63) is 18.5 Å². The lowest BCUT2D eigenvalue weighted by Gasteiger charge is -2.47. The SMILES string of the molecule is CN1CCC(N2CCN(c3ncccn3)CC2CCO)CC1. The zero-order valence-corrected chi connectivity index (χ0v) is 13.4. The van der Waals surface area contributed by atoms with E-state index < -0.39 is 0 Å². The van der Waals surface area contributed by atoms with Gasteiger partial charge in [-0.2, -0.15) is 0 Å². The van der Waals surface area contributed by atoms with Gasteiger partial charge in [-0.15, -0.1) is 0 Å². The fraction of sp³-hybridized carbons (Fsp3) is 0.750. The van der Waals surface area contributed by atoms with Gasteiger partial charge in [0, 0.05) is 50.7 Å². The number of piperazine rings is 1. The number of likely N-dealkylation sites (tertiary alicyclic amines) is 1. The van der Waals surface area contributed by atoms with Crippen LogP contribution >= 0.6 is 0 Å². The highest BCUT2D eigenvalue weighted by Gasteiger charge is 2.33. The average molecular weight is 305 g/mol. The molecule has 1 N–H and O–H groups in total. The minimum Gasteiger partial charge on any atom is -0.396 e. The van der Waals surface area contributed by atoms with Crippen molar-refractivity contribution in [1.82, 2.24) is 19.8 Å². The van der Waals surface area contributed by atoms with Crippen molar-refractivity contribution in [1.29, 1.82) is 0 Å². The number of aromatic nitrogens is 2. The van der Waals surface area contributed by atoms with Gasteiger partial charge in [-0.25, -0.2) is 9.97 Å². The summed E-state index contributed by atoms with van der Waals surface area (Å²) in [6.07, 6.45) is 6.90. The molecular weight excluding hydrogens is 278 g/mol. The first-order valence-electron chi connectivity index (χ1n) is 8.35. The van der Waals surface area contributed by atoms with Crippen LogP contribution in [0.2, 0.25) is 0 Å². The van der Waals surface area contributed by atoms with Gasteiger partial charge >= 0.3 is 0 Å². The molecule has 2 aliphatic rings. The first-order chi connectivity index (χ1) is 10.8. The van der Waals surface area contributed by atoms with Crippen LogP contribution in [0.3, 0.4) is 0 Å². The molecule has 0 saturated carbocycles. The number of hydrogen-bond acceptors (Lipinski definition) is 6. The van der Waals surface area contributed by atoms with Crippen molar-refractivity contribution in [3.8, 4) is 0 Å². The Morgan fingerprint density at radius 2 is 1.86 bits per heavy atom. The minimum atomic E-state index is 0.247. The Kier molecular flexibility index (Phi) is 5.23. The van der Waals surface area contributed by atoms with Gasteiger partial charge in [0.2, 0.25) is 5.95 Å². The van der Waals surface area contributed by atoms with Crippen LogP contribution in [-0.4, -0.2) is 83.3 Å². The van der Waals surface area contributed by atoms with Crippen LogP contribution in [0.1, 0.15) is 19.3 Å². The van der Waals surface area contributed by atoms with Crippen LogP contribution in [-0.2, 0) is 0 Å². The van der Waals surface area contributed by atoms with E-state index in [0.717, 1.165) is 32.0 Å². The van der Waals surface area contributed by atoms with Crippen LogP contribution in [0.25, 0.3) is 0 Å². The number of aliphatic hydroxyl groups is 1. The van der Waals surface area contributed by atoms with Crippen molar-refractivity contribution in [3.63, 3.8) is 0 Å². The normalized spacial score (nSPS) is 25.5. The summed E-state index contributed by atoms with van der Waals surface area (Å²) in [5, 5.41) is 9.45. The molecule has 1 aromatic rings. The van der Waals surface area contributed by atoms with Crippen LogP contribution in [0.15, 0.2) is 18.5 Å². The molecule has 22 heavy (non-hydrogen) atoms. The molecule has 0 radical (unpaired) electrons. The van der Waals surface area contributed by atoms with Gasteiger partial charge in [0.1, 0.15) is 0 Å². The predicted octanol–water partition coefficient (Wildman–Crippen LogP) is 0.444. The van der Waals surface area contributed by atoms with E-state index in [0.29, 0.717) is 12.1 Å². The Hall–Kier alpha value is -1.24. The average Bonchev–Trinajstić information content (AvgIpc) is 2.57. The molecular formula is C16H27N5O. The Balaban J connectivity index is 1.66. The van der Waals surface area contributed by atoms with E-state index in [1.807, 2.05) is 6.07 Å². The fourth-order valence-electron chi connectivity index (χ4n) is 3.72. The van der Waals surface area contributed by atoms with Crippen molar-refractivity contribution >= 4 is 5.95 Å². The predicted molar refractivity (Wildman–Crippen MR) is 87.0 cm³/mol. The molecule has 6 nitrogen and oxygen atoms in total. The van der Waals surface area contributed by atoms with Crippen molar-refractivity contribution in [2.45, 2.75) is 31.3 Å². The lowest BCUT2D eigenvalue weighted by molar-refractivity contribution is 0.0594. The fourth-order valence-corrected chi connectivity index (χ4v) is 3.72. The standard InChI is InChI=1S/C16H27N5O/c1-19-8-3-14(4-9-19)21-11-10-20(13-15(21)5-12-22)16-17-6-2-7-18-16/h2,6-7,14-15,22H,3-5,8-13H2,1H3. The molecule has 0 spiro atoms. The Morgan fingerprint density at radius 3 is 2.55 bits per heavy atom. The third kappa shape index (κ3) is 3.56. The van der Waals surface area contributed by atoms with Crippen LogP contribution in [0.5, 0.6) is 0 Å². The van der Waals surface area contributed by atoms with E-state index in [1.54, 1.807) is 12.4 Å². The molecule has 6 heteroatoms. The number of piperidine rings is 1. The summed E-state index contributed by atoms with van der Waals surface area (Å²) in [4.78, 5) is 16.0. The largest absolute Gasteiger partial charge is 0.396 e. The molecule has 3 heterocycles. The van der Waals surface area contributed by atoms with Crippen molar-refractivity contribution in [2.24, 2.45) is 0 Å². The van der Waals surface area contributed by atoms with E-state index in [2.05, 4.69) is 31.7 Å². The first kappa shape index (κ1) is 15.6. The van der Waals surface area contributed by atoms with Gasteiger partial charge < -0.3 is 14.9 Å². The molecule has 2 fully saturated rings. The van der Waals surface area contributed by atoms with Gasteiger partial charge in [0.05, 0.1) is 0 Å². The van der Waals surface area contributed by atoms with Gasteiger partial charge in [-0.3, -0.25) is 4.90 Å². The third-order valence-corrected chi connectivity index (χ3v) is 4.98. The summed E-state index contributed by atoms with van der Waals surface area (Å²) < 4.78 is 0. The lowest BCUT2D eigenvalue weighted by Crippen LogP contribution is -2.58. The summed E-state index contributed by atoms with van der Waals surface area (Å²) in [5.74, 6) is 0.813. The van der Waals surface area contributed by atoms with Crippen molar-refractivity contribution < 1.29 is 5.11 Å². The Morgan fingerprint density at radius 1 is 1.14 bits per heavy atom. The summed E-state index contributed by atoms with van der Waals surface area (Å²) in [5.41, 5.74) is 0. The maximum absolute atomic E-state index is 9.45. The summed E-state index contributed by atoms with van der Waals surface area (Å²) in [7, 11) is 2.20. The highest BCUT2D eigenvalue weighted by molar-refractivity contribution is 5.30. The van der Waals surface area contributed by atoms with E-state index >= 15 is 0 Å². The first-order valence-corrected chi connectivity index (χ1v) is 8.35. The Labute approximate surface area is 132 Å². The smallest absolute Gasteiger partial charge is 0.225 e. The summed E-state index contributed by atoms with van der Waals surface area (Å²) >= 11 is 0. The highest BCUT2D eigenvalue weighted by Crippen LogP contribution is 2.24. The number of hydrogen-bond donors (Lipinski definition) is 1. The number of anilines is 1. The second-order valence-electron chi connectivity index (χ2n) is 6.43. The minimum absolute atomic E-state index is 0.247. The lowest BCUT2D eigenvalue weighted by atomic mass is 9.98. The monoisotopic (exact) mass is 305 g/mol. The summed E-state index contributed by atoms with van der Waals surface area (Å²) in [6.45, 7) is 5.53. The van der Waals surface area contributed by atoms with E-state index in [9.17, 15) is 5.11 Å². The molecule has 122 valence electrons. The second-order valence-corrected chi connectivity index (χ2v) is 6.43. The van der Waals surface area contributed by atoms with Gasteiger partial charge in [-0.1, -0.05) is 0 Å². The topological polar surface area (TPSA) is 55.7 Å². The van der Waals surface area contributed by atoms with Crippen LogP contribution < -0.4 is 4.90 Å². The quantitative estimate of drug-likeness (QED) is 0.871. The highest BCUT2D eigenvalue weighted by atomic mass is 16.3. The molecule has 1 atom stereocenters. The summed E-state index contributed by atoms with van der Waals surface area (Å²) in [6, 6.07) is 2.91. The number of rotatable bonds is 4. The number of nitrogens with zero attached hydrogens (tertiary/aromatic N) is 5. The number of aliphatic hydroxyl groups excluding tert-OH is 1. The van der Waals surface area contributed by atoms with Crippen LogP contribution in [0, 0.1) is 0 Å². The van der Waals surface area contributed by atoms with Gasteiger partial charge in [-0.05, 0) is 45.5 Å². The van der Waals surface area contributed by atoms with E-state index in [1.165, 1.54) is 25.9 Å². The molecule has 1 aromatic heterocycles. The Bertz CT molecular complexity index is 449. The van der Waals surface area contributed by atoms with E-state index in [4.69, 9.17) is 0 Å². The van der Waals surface area contributed by atoms with Crippen molar-refractivity contribution in [2.75, 3.05) is 51.3 Å². The maximum Gasteiger partial charge on any atom is 0.225 e. The zero-order valence-electron chi connectivity index (χ0n) is 13.4.